The lowest BCUT2D eigenvalue weighted by Gasteiger charge is -2.14. The van der Waals surface area contributed by atoms with Gasteiger partial charge < -0.3 is 15.4 Å². The average molecular weight is 329 g/mol. The van der Waals surface area contributed by atoms with Crippen LogP contribution in [0.25, 0.3) is 0 Å². The van der Waals surface area contributed by atoms with Gasteiger partial charge in [-0.25, -0.2) is 0 Å². The molecule has 3 nitrogen and oxygen atoms in total. The van der Waals surface area contributed by atoms with Gasteiger partial charge in [0.05, 0.1) is 6.10 Å². The number of rotatable bonds is 4. The van der Waals surface area contributed by atoms with E-state index in [2.05, 4.69) is 32.6 Å². The van der Waals surface area contributed by atoms with E-state index < -0.39 is 0 Å². The highest BCUT2D eigenvalue weighted by Crippen LogP contribution is 2.15. The zero-order chi connectivity index (χ0) is 12.8. The second kappa shape index (κ2) is 7.07. The lowest BCUT2D eigenvalue weighted by molar-refractivity contribution is 0.114. The molecule has 1 atom stereocenters. The normalized spacial score (nSPS) is 18.6. The van der Waals surface area contributed by atoms with Crippen molar-refractivity contribution >= 4 is 33.3 Å². The van der Waals surface area contributed by atoms with Crippen molar-refractivity contribution in [2.75, 3.05) is 13.2 Å². The van der Waals surface area contributed by atoms with E-state index in [4.69, 9.17) is 17.0 Å². The molecule has 2 rings (SSSR count). The molecule has 5 heteroatoms. The molecule has 0 aromatic heterocycles. The van der Waals surface area contributed by atoms with E-state index in [9.17, 15) is 0 Å². The summed E-state index contributed by atoms with van der Waals surface area (Å²) >= 11 is 8.75. The van der Waals surface area contributed by atoms with E-state index in [0.717, 1.165) is 37.0 Å². The highest BCUT2D eigenvalue weighted by atomic mass is 79.9. The summed E-state index contributed by atoms with van der Waals surface area (Å²) in [6, 6.07) is 8.12. The first-order valence-electron chi connectivity index (χ1n) is 6.12. The van der Waals surface area contributed by atoms with Crippen molar-refractivity contribution in [1.82, 2.24) is 10.6 Å². The van der Waals surface area contributed by atoms with Crippen molar-refractivity contribution in [2.24, 2.45) is 0 Å². The molecule has 0 bridgehead atoms. The Kier molecular flexibility index (Phi) is 5.41. The molecule has 0 spiro atoms. The minimum absolute atomic E-state index is 0.313. The Bertz CT molecular complexity index is 408. The van der Waals surface area contributed by atoms with Gasteiger partial charge in [0.25, 0.3) is 0 Å². The molecule has 0 unspecified atom stereocenters. The maximum Gasteiger partial charge on any atom is 0.166 e. The maximum atomic E-state index is 5.53. The zero-order valence-corrected chi connectivity index (χ0v) is 12.5. The molecule has 0 radical (unpaired) electrons. The SMILES string of the molecule is S=C(NCc1ccccc1Br)NC[C@@H]1CCCO1. The van der Waals surface area contributed by atoms with Crippen LogP contribution in [-0.2, 0) is 11.3 Å². The van der Waals surface area contributed by atoms with Crippen LogP contribution in [-0.4, -0.2) is 24.4 Å². The van der Waals surface area contributed by atoms with Crippen LogP contribution in [0.5, 0.6) is 0 Å². The van der Waals surface area contributed by atoms with E-state index in [-0.39, 0.29) is 0 Å². The highest BCUT2D eigenvalue weighted by molar-refractivity contribution is 9.10. The van der Waals surface area contributed by atoms with Gasteiger partial charge in [-0.3, -0.25) is 0 Å². The van der Waals surface area contributed by atoms with Crippen LogP contribution in [0.4, 0.5) is 0 Å². The third kappa shape index (κ3) is 4.23. The Balaban J connectivity index is 1.69. The van der Waals surface area contributed by atoms with Crippen LogP contribution >= 0.6 is 28.1 Å². The number of halogens is 1. The first-order chi connectivity index (χ1) is 8.75. The summed E-state index contributed by atoms with van der Waals surface area (Å²) in [6.45, 7) is 2.39. The molecule has 1 heterocycles. The van der Waals surface area contributed by atoms with Gasteiger partial charge in [-0.05, 0) is 36.7 Å². The van der Waals surface area contributed by atoms with E-state index in [0.29, 0.717) is 11.2 Å². The fourth-order valence-corrected chi connectivity index (χ4v) is 2.47. The van der Waals surface area contributed by atoms with Gasteiger partial charge in [-0.1, -0.05) is 34.1 Å². The monoisotopic (exact) mass is 328 g/mol. The molecule has 0 saturated carbocycles. The van der Waals surface area contributed by atoms with Crippen LogP contribution in [0.3, 0.4) is 0 Å². The molecule has 1 aromatic rings. The predicted molar refractivity (Wildman–Crippen MR) is 80.6 cm³/mol. The molecule has 0 aliphatic carbocycles. The Morgan fingerprint density at radius 2 is 2.22 bits per heavy atom. The van der Waals surface area contributed by atoms with Crippen LogP contribution in [0.15, 0.2) is 28.7 Å². The van der Waals surface area contributed by atoms with Gasteiger partial charge in [0.15, 0.2) is 5.11 Å². The standard InChI is InChI=1S/C13H17BrN2OS/c14-12-6-2-1-4-10(12)8-15-13(18)16-9-11-5-3-7-17-11/h1-2,4,6,11H,3,5,7-9H2,(H2,15,16,18)/t11-/m0/s1. The van der Waals surface area contributed by atoms with Crippen molar-refractivity contribution in [1.29, 1.82) is 0 Å². The number of hydrogen-bond acceptors (Lipinski definition) is 2. The average Bonchev–Trinajstić information content (AvgIpc) is 2.88. The van der Waals surface area contributed by atoms with Crippen LogP contribution in [0, 0.1) is 0 Å². The molecule has 1 saturated heterocycles. The van der Waals surface area contributed by atoms with E-state index in [1.54, 1.807) is 0 Å². The number of ether oxygens (including phenoxy) is 1. The minimum atomic E-state index is 0.313. The predicted octanol–water partition coefficient (Wildman–Crippen LogP) is 2.59. The molecular weight excluding hydrogens is 312 g/mol. The molecular formula is C13H17BrN2OS. The van der Waals surface area contributed by atoms with Crippen LogP contribution in [0.2, 0.25) is 0 Å². The lowest BCUT2D eigenvalue weighted by atomic mass is 10.2. The van der Waals surface area contributed by atoms with Crippen molar-refractivity contribution in [3.05, 3.63) is 34.3 Å². The van der Waals surface area contributed by atoms with E-state index in [1.807, 2.05) is 18.2 Å². The quantitative estimate of drug-likeness (QED) is 0.832. The topological polar surface area (TPSA) is 33.3 Å². The summed E-state index contributed by atoms with van der Waals surface area (Å²) < 4.78 is 6.62. The minimum Gasteiger partial charge on any atom is -0.376 e. The number of thiocarbonyl (C=S) groups is 1. The summed E-state index contributed by atoms with van der Waals surface area (Å²) in [5.74, 6) is 0. The van der Waals surface area contributed by atoms with Crippen LogP contribution in [0.1, 0.15) is 18.4 Å². The van der Waals surface area contributed by atoms with Gasteiger partial charge in [0.2, 0.25) is 0 Å². The Morgan fingerprint density at radius 3 is 2.94 bits per heavy atom. The summed E-state index contributed by atoms with van der Waals surface area (Å²) in [4.78, 5) is 0. The van der Waals surface area contributed by atoms with Crippen LogP contribution < -0.4 is 10.6 Å². The number of benzene rings is 1. The molecule has 98 valence electrons. The molecule has 1 fully saturated rings. The maximum absolute atomic E-state index is 5.53. The third-order valence-electron chi connectivity index (χ3n) is 2.91. The van der Waals surface area contributed by atoms with Gasteiger partial charge in [-0.15, -0.1) is 0 Å². The fourth-order valence-electron chi connectivity index (χ4n) is 1.89. The third-order valence-corrected chi connectivity index (χ3v) is 3.97. The lowest BCUT2D eigenvalue weighted by Crippen LogP contribution is -2.39. The summed E-state index contributed by atoms with van der Waals surface area (Å²) in [5.41, 5.74) is 1.19. The van der Waals surface area contributed by atoms with E-state index >= 15 is 0 Å². The second-order valence-corrected chi connectivity index (χ2v) is 5.55. The number of hydrogen-bond donors (Lipinski definition) is 2. The zero-order valence-electron chi connectivity index (χ0n) is 10.1. The molecule has 0 amide bonds. The summed E-state index contributed by atoms with van der Waals surface area (Å²) in [7, 11) is 0. The van der Waals surface area contributed by atoms with Gasteiger partial charge in [0, 0.05) is 24.2 Å². The van der Waals surface area contributed by atoms with Crippen molar-refractivity contribution < 1.29 is 4.74 Å². The molecule has 1 aliphatic heterocycles. The smallest absolute Gasteiger partial charge is 0.166 e. The molecule has 2 N–H and O–H groups in total. The summed E-state index contributed by atoms with van der Waals surface area (Å²) in [5, 5.41) is 7.07. The van der Waals surface area contributed by atoms with Crippen molar-refractivity contribution in [2.45, 2.75) is 25.5 Å². The van der Waals surface area contributed by atoms with E-state index in [1.165, 1.54) is 5.56 Å². The molecule has 1 aliphatic rings. The number of nitrogens with one attached hydrogen (secondary N) is 2. The highest BCUT2D eigenvalue weighted by Gasteiger charge is 2.15. The second-order valence-electron chi connectivity index (χ2n) is 4.29. The van der Waals surface area contributed by atoms with Gasteiger partial charge in [0.1, 0.15) is 0 Å². The van der Waals surface area contributed by atoms with Crippen molar-refractivity contribution in [3.8, 4) is 0 Å². The Labute approximate surface area is 121 Å². The molecule has 1 aromatic carbocycles. The van der Waals surface area contributed by atoms with Crippen molar-refractivity contribution in [3.63, 3.8) is 0 Å². The Hall–Kier alpha value is -0.650. The first kappa shape index (κ1) is 13.8. The Morgan fingerprint density at radius 1 is 1.39 bits per heavy atom. The fraction of sp³-hybridized carbons (Fsp3) is 0.462. The largest absolute Gasteiger partial charge is 0.376 e. The molecule has 18 heavy (non-hydrogen) atoms. The summed E-state index contributed by atoms with van der Waals surface area (Å²) in [6.07, 6.45) is 2.59. The van der Waals surface area contributed by atoms with Gasteiger partial charge >= 0.3 is 0 Å². The first-order valence-corrected chi connectivity index (χ1v) is 7.32. The van der Waals surface area contributed by atoms with Gasteiger partial charge in [-0.2, -0.15) is 0 Å².